The third kappa shape index (κ3) is 3.33. The Morgan fingerprint density at radius 2 is 2.00 bits per heavy atom. The molecule has 2 heterocycles. The number of hydrogen-bond acceptors (Lipinski definition) is 3. The number of aryl methyl sites for hydroxylation is 1. The van der Waals surface area contributed by atoms with Crippen molar-refractivity contribution < 1.29 is 9.90 Å². The Kier molecular flexibility index (Phi) is 4.82. The van der Waals surface area contributed by atoms with E-state index >= 15 is 0 Å². The van der Waals surface area contributed by atoms with Crippen molar-refractivity contribution in [2.24, 2.45) is 5.92 Å². The lowest BCUT2D eigenvalue weighted by Crippen LogP contribution is -2.40. The van der Waals surface area contributed by atoms with Crippen LogP contribution in [0.4, 0.5) is 0 Å². The number of aromatic amines is 1. The molecule has 0 bridgehead atoms. The second-order valence-corrected chi connectivity index (χ2v) is 6.79. The van der Waals surface area contributed by atoms with Crippen LogP contribution in [0.1, 0.15) is 40.7 Å². The standard InChI is InChI=1S/C17H20BrN3O2/c1-11-14(18)15(20-19-11)17(23)21-9-7-13(8-10-21)16(22)12-5-3-2-4-6-12/h2-6,13,16,22H,7-10H2,1H3,(H,19,20). The van der Waals surface area contributed by atoms with E-state index < -0.39 is 6.10 Å². The molecule has 5 nitrogen and oxygen atoms in total. The van der Waals surface area contributed by atoms with Crippen molar-refractivity contribution in [2.45, 2.75) is 25.9 Å². The molecule has 0 radical (unpaired) electrons. The molecule has 1 aliphatic rings. The highest BCUT2D eigenvalue weighted by molar-refractivity contribution is 9.10. The van der Waals surface area contributed by atoms with Crippen LogP contribution in [0, 0.1) is 12.8 Å². The van der Waals surface area contributed by atoms with E-state index in [1.165, 1.54) is 0 Å². The van der Waals surface area contributed by atoms with Gasteiger partial charge in [-0.15, -0.1) is 0 Å². The Balaban J connectivity index is 1.62. The Morgan fingerprint density at radius 1 is 1.35 bits per heavy atom. The van der Waals surface area contributed by atoms with Crippen molar-refractivity contribution >= 4 is 21.8 Å². The fourth-order valence-electron chi connectivity index (χ4n) is 3.05. The van der Waals surface area contributed by atoms with Gasteiger partial charge in [0.2, 0.25) is 0 Å². The van der Waals surface area contributed by atoms with Crippen LogP contribution in [0.25, 0.3) is 0 Å². The number of nitrogens with one attached hydrogen (secondary N) is 1. The van der Waals surface area contributed by atoms with Crippen LogP contribution in [-0.4, -0.2) is 39.2 Å². The summed E-state index contributed by atoms with van der Waals surface area (Å²) >= 11 is 3.40. The predicted molar refractivity (Wildman–Crippen MR) is 91.1 cm³/mol. The molecule has 6 heteroatoms. The average Bonchev–Trinajstić information content (AvgIpc) is 2.94. The first-order valence-electron chi connectivity index (χ1n) is 7.80. The Bertz CT molecular complexity index is 678. The van der Waals surface area contributed by atoms with Crippen LogP contribution in [0.3, 0.4) is 0 Å². The molecule has 1 aromatic heterocycles. The summed E-state index contributed by atoms with van der Waals surface area (Å²) in [4.78, 5) is 14.3. The van der Waals surface area contributed by atoms with Crippen LogP contribution in [0.15, 0.2) is 34.8 Å². The SMILES string of the molecule is Cc1[nH]nc(C(=O)N2CCC(C(O)c3ccccc3)CC2)c1Br. The number of hydrogen-bond donors (Lipinski definition) is 2. The summed E-state index contributed by atoms with van der Waals surface area (Å²) in [5, 5.41) is 17.4. The summed E-state index contributed by atoms with van der Waals surface area (Å²) in [5.74, 6) is 0.125. The van der Waals surface area contributed by atoms with Gasteiger partial charge in [-0.1, -0.05) is 30.3 Å². The minimum atomic E-state index is -0.465. The van der Waals surface area contributed by atoms with Crippen LogP contribution in [0.2, 0.25) is 0 Å². The summed E-state index contributed by atoms with van der Waals surface area (Å²) in [6.45, 7) is 3.16. The molecule has 1 unspecified atom stereocenters. The van der Waals surface area contributed by atoms with Gasteiger partial charge in [0, 0.05) is 18.8 Å². The number of carbonyl (C=O) groups excluding carboxylic acids is 1. The Morgan fingerprint density at radius 3 is 2.57 bits per heavy atom. The molecule has 1 fully saturated rings. The highest BCUT2D eigenvalue weighted by Gasteiger charge is 2.30. The van der Waals surface area contributed by atoms with Crippen LogP contribution in [-0.2, 0) is 0 Å². The minimum Gasteiger partial charge on any atom is -0.388 e. The number of piperidine rings is 1. The normalized spacial score (nSPS) is 17.3. The summed E-state index contributed by atoms with van der Waals surface area (Å²) in [6, 6.07) is 9.72. The number of halogens is 1. The average molecular weight is 378 g/mol. The third-order valence-corrected chi connectivity index (χ3v) is 5.46. The van der Waals surface area contributed by atoms with Crippen molar-refractivity contribution in [1.82, 2.24) is 15.1 Å². The molecular formula is C17H20BrN3O2. The second kappa shape index (κ2) is 6.84. The summed E-state index contributed by atoms with van der Waals surface area (Å²) < 4.78 is 0.731. The zero-order valence-corrected chi connectivity index (χ0v) is 14.6. The lowest BCUT2D eigenvalue weighted by atomic mass is 9.87. The van der Waals surface area contributed by atoms with Gasteiger partial charge in [0.1, 0.15) is 0 Å². The van der Waals surface area contributed by atoms with E-state index in [2.05, 4.69) is 26.1 Å². The van der Waals surface area contributed by atoms with Crippen molar-refractivity contribution in [3.63, 3.8) is 0 Å². The number of amides is 1. The number of aliphatic hydroxyl groups excluding tert-OH is 1. The molecule has 1 aromatic carbocycles. The number of rotatable bonds is 3. The highest BCUT2D eigenvalue weighted by Crippen LogP contribution is 2.31. The first-order valence-corrected chi connectivity index (χ1v) is 8.60. The number of aromatic nitrogens is 2. The molecule has 23 heavy (non-hydrogen) atoms. The molecule has 2 aromatic rings. The molecular weight excluding hydrogens is 358 g/mol. The summed E-state index contributed by atoms with van der Waals surface area (Å²) in [6.07, 6.45) is 1.12. The molecule has 0 saturated carbocycles. The van der Waals surface area contributed by atoms with Crippen molar-refractivity contribution in [3.05, 3.63) is 51.8 Å². The maximum absolute atomic E-state index is 12.5. The summed E-state index contributed by atoms with van der Waals surface area (Å²) in [7, 11) is 0. The van der Waals surface area contributed by atoms with Gasteiger partial charge in [0.05, 0.1) is 10.6 Å². The first-order chi connectivity index (χ1) is 11.1. The zero-order valence-electron chi connectivity index (χ0n) is 13.0. The minimum absolute atomic E-state index is 0.0612. The first kappa shape index (κ1) is 16.2. The number of H-pyrrole nitrogens is 1. The summed E-state index contributed by atoms with van der Waals surface area (Å²) in [5.41, 5.74) is 2.23. The van der Waals surface area contributed by atoms with Gasteiger partial charge in [-0.3, -0.25) is 9.89 Å². The number of aliphatic hydroxyl groups is 1. The van der Waals surface area contributed by atoms with Gasteiger partial charge in [-0.25, -0.2) is 0 Å². The Labute approximate surface area is 143 Å². The van der Waals surface area contributed by atoms with E-state index in [1.54, 1.807) is 0 Å². The molecule has 1 amide bonds. The fourth-order valence-corrected chi connectivity index (χ4v) is 3.39. The van der Waals surface area contributed by atoms with Gasteiger partial charge in [-0.05, 0) is 47.2 Å². The quantitative estimate of drug-likeness (QED) is 0.863. The molecule has 1 atom stereocenters. The van der Waals surface area contributed by atoms with E-state index in [0.717, 1.165) is 28.6 Å². The van der Waals surface area contributed by atoms with E-state index in [1.807, 2.05) is 42.2 Å². The maximum atomic E-state index is 12.5. The van der Waals surface area contributed by atoms with Crippen LogP contribution in [0.5, 0.6) is 0 Å². The monoisotopic (exact) mass is 377 g/mol. The van der Waals surface area contributed by atoms with Crippen LogP contribution >= 0.6 is 15.9 Å². The molecule has 122 valence electrons. The number of likely N-dealkylation sites (tertiary alicyclic amines) is 1. The maximum Gasteiger partial charge on any atom is 0.275 e. The van der Waals surface area contributed by atoms with Gasteiger partial charge >= 0.3 is 0 Å². The Hall–Kier alpha value is -1.66. The number of nitrogens with zero attached hydrogens (tertiary/aromatic N) is 2. The van der Waals surface area contributed by atoms with Crippen LogP contribution < -0.4 is 0 Å². The highest BCUT2D eigenvalue weighted by atomic mass is 79.9. The van der Waals surface area contributed by atoms with E-state index in [-0.39, 0.29) is 11.8 Å². The van der Waals surface area contributed by atoms with Crippen molar-refractivity contribution in [2.75, 3.05) is 13.1 Å². The van der Waals surface area contributed by atoms with Gasteiger partial charge < -0.3 is 10.0 Å². The molecule has 2 N–H and O–H groups in total. The van der Waals surface area contributed by atoms with Gasteiger partial charge in [0.15, 0.2) is 5.69 Å². The lowest BCUT2D eigenvalue weighted by Gasteiger charge is -2.34. The van der Waals surface area contributed by atoms with Gasteiger partial charge in [-0.2, -0.15) is 5.10 Å². The second-order valence-electron chi connectivity index (χ2n) is 6.00. The topological polar surface area (TPSA) is 69.2 Å². The number of carbonyl (C=O) groups is 1. The molecule has 3 rings (SSSR count). The van der Waals surface area contributed by atoms with Crippen molar-refractivity contribution in [3.8, 4) is 0 Å². The smallest absolute Gasteiger partial charge is 0.275 e. The van der Waals surface area contributed by atoms with Crippen molar-refractivity contribution in [1.29, 1.82) is 0 Å². The number of benzene rings is 1. The molecule has 1 saturated heterocycles. The largest absolute Gasteiger partial charge is 0.388 e. The fraction of sp³-hybridized carbons (Fsp3) is 0.412. The molecule has 0 aliphatic carbocycles. The van der Waals surface area contributed by atoms with E-state index in [9.17, 15) is 9.90 Å². The molecule has 1 aliphatic heterocycles. The molecule has 0 spiro atoms. The third-order valence-electron chi connectivity index (χ3n) is 4.49. The van der Waals surface area contributed by atoms with E-state index in [4.69, 9.17) is 0 Å². The predicted octanol–water partition coefficient (Wildman–Crippen LogP) is 3.07. The lowest BCUT2D eigenvalue weighted by molar-refractivity contribution is 0.0458. The zero-order chi connectivity index (χ0) is 16.4. The van der Waals surface area contributed by atoms with Gasteiger partial charge in [0.25, 0.3) is 5.91 Å². The van der Waals surface area contributed by atoms with E-state index in [0.29, 0.717) is 18.8 Å².